The van der Waals surface area contributed by atoms with Crippen molar-refractivity contribution in [2.45, 2.75) is 53.0 Å². The highest BCUT2D eigenvalue weighted by molar-refractivity contribution is 7.22. The molecule has 1 unspecified atom stereocenters. The number of aliphatic hydroxyl groups excluding tert-OH is 1. The highest BCUT2D eigenvalue weighted by Gasteiger charge is 2.47. The van der Waals surface area contributed by atoms with Gasteiger partial charge in [0.15, 0.2) is 16.7 Å². The molecule has 2 heterocycles. The fourth-order valence-corrected chi connectivity index (χ4v) is 4.87. The summed E-state index contributed by atoms with van der Waals surface area (Å²) in [7, 11) is 0. The number of nitrogens with zero attached hydrogens (tertiary/aromatic N) is 2. The SMILES string of the molecule is CC(C)(C)C(=O)C1=C(O)C(=O)N(c2nc3ccccc3s2)C1c1ccc(C(C)(C)C)cc1. The van der Waals surface area contributed by atoms with Gasteiger partial charge in [0, 0.05) is 5.41 Å². The molecule has 0 saturated carbocycles. The van der Waals surface area contributed by atoms with Crippen molar-refractivity contribution in [1.29, 1.82) is 0 Å². The maximum absolute atomic E-state index is 13.4. The summed E-state index contributed by atoms with van der Waals surface area (Å²) in [5, 5.41) is 11.3. The third-order valence-electron chi connectivity index (χ3n) is 5.72. The number of carbonyl (C=O) groups is 2. The van der Waals surface area contributed by atoms with Gasteiger partial charge in [-0.25, -0.2) is 4.98 Å². The summed E-state index contributed by atoms with van der Waals surface area (Å²) in [4.78, 5) is 32.7. The Balaban J connectivity index is 1.89. The maximum Gasteiger partial charge on any atom is 0.296 e. The normalized spacial score (nSPS) is 17.5. The van der Waals surface area contributed by atoms with Crippen LogP contribution in [0, 0.1) is 5.41 Å². The smallest absolute Gasteiger partial charge is 0.296 e. The molecule has 0 spiro atoms. The van der Waals surface area contributed by atoms with Crippen molar-refractivity contribution in [3.63, 3.8) is 0 Å². The second kappa shape index (κ2) is 7.55. The number of aliphatic hydroxyl groups is 1. The van der Waals surface area contributed by atoms with E-state index in [-0.39, 0.29) is 16.8 Å². The monoisotopic (exact) mass is 448 g/mol. The van der Waals surface area contributed by atoms with E-state index in [2.05, 4.69) is 25.8 Å². The van der Waals surface area contributed by atoms with Crippen LogP contribution in [0.1, 0.15) is 58.7 Å². The van der Waals surface area contributed by atoms with E-state index >= 15 is 0 Å². The highest BCUT2D eigenvalue weighted by Crippen LogP contribution is 2.45. The summed E-state index contributed by atoms with van der Waals surface area (Å²) in [5.74, 6) is -1.34. The van der Waals surface area contributed by atoms with Crippen LogP contribution in [0.3, 0.4) is 0 Å². The van der Waals surface area contributed by atoms with E-state index in [1.807, 2.05) is 48.5 Å². The standard InChI is InChI=1S/C26H28N2O3S/c1-25(2,3)16-13-11-15(12-14-16)20-19(22(30)26(4,5)6)21(29)23(31)28(20)24-27-17-9-7-8-10-18(17)32-24/h7-14,20,29H,1-6H3. The van der Waals surface area contributed by atoms with Crippen LogP contribution in [0.4, 0.5) is 5.13 Å². The van der Waals surface area contributed by atoms with Crippen LogP contribution in [0.5, 0.6) is 0 Å². The molecule has 0 fully saturated rings. The second-order valence-corrected chi connectivity index (χ2v) is 11.3. The van der Waals surface area contributed by atoms with Crippen molar-refractivity contribution >= 4 is 38.4 Å². The number of benzene rings is 2. The van der Waals surface area contributed by atoms with E-state index in [0.29, 0.717) is 5.13 Å². The molecule has 6 heteroatoms. The van der Waals surface area contributed by atoms with Crippen LogP contribution in [-0.4, -0.2) is 21.8 Å². The Morgan fingerprint density at radius 2 is 1.62 bits per heavy atom. The van der Waals surface area contributed by atoms with E-state index in [4.69, 9.17) is 0 Å². The van der Waals surface area contributed by atoms with Crippen molar-refractivity contribution in [1.82, 2.24) is 4.98 Å². The van der Waals surface area contributed by atoms with Crippen molar-refractivity contribution < 1.29 is 14.7 Å². The summed E-state index contributed by atoms with van der Waals surface area (Å²) in [6.45, 7) is 11.8. The molecule has 1 atom stereocenters. The lowest BCUT2D eigenvalue weighted by molar-refractivity contribution is -0.123. The van der Waals surface area contributed by atoms with E-state index in [9.17, 15) is 14.7 Å². The number of hydrogen-bond donors (Lipinski definition) is 1. The average molecular weight is 449 g/mol. The largest absolute Gasteiger partial charge is 0.503 e. The second-order valence-electron chi connectivity index (χ2n) is 10.3. The van der Waals surface area contributed by atoms with Gasteiger partial charge in [0.25, 0.3) is 5.91 Å². The van der Waals surface area contributed by atoms with Crippen LogP contribution in [0.2, 0.25) is 0 Å². The summed E-state index contributed by atoms with van der Waals surface area (Å²) >= 11 is 1.37. The van der Waals surface area contributed by atoms with Crippen LogP contribution >= 0.6 is 11.3 Å². The van der Waals surface area contributed by atoms with Gasteiger partial charge in [-0.05, 0) is 28.7 Å². The predicted molar refractivity (Wildman–Crippen MR) is 129 cm³/mol. The molecular weight excluding hydrogens is 420 g/mol. The van der Waals surface area contributed by atoms with Crippen molar-refractivity contribution in [2.75, 3.05) is 4.90 Å². The Morgan fingerprint density at radius 1 is 1.00 bits per heavy atom. The molecule has 1 aliphatic heterocycles. The zero-order valence-corrected chi connectivity index (χ0v) is 20.1. The molecule has 4 rings (SSSR count). The number of anilines is 1. The molecule has 0 saturated heterocycles. The molecule has 1 amide bonds. The zero-order chi connectivity index (χ0) is 23.4. The first-order valence-electron chi connectivity index (χ1n) is 10.7. The number of rotatable bonds is 3. The molecule has 32 heavy (non-hydrogen) atoms. The number of aromatic nitrogens is 1. The number of para-hydroxylation sites is 1. The lowest BCUT2D eigenvalue weighted by atomic mass is 9.81. The van der Waals surface area contributed by atoms with Crippen LogP contribution in [0.15, 0.2) is 59.9 Å². The minimum absolute atomic E-state index is 0.0290. The minimum Gasteiger partial charge on any atom is -0.503 e. The molecule has 2 aromatic carbocycles. The molecule has 1 N–H and O–H groups in total. The Morgan fingerprint density at radius 3 is 2.19 bits per heavy atom. The van der Waals surface area contributed by atoms with Crippen LogP contribution in [0.25, 0.3) is 10.2 Å². The molecule has 3 aromatic rings. The van der Waals surface area contributed by atoms with E-state index < -0.39 is 23.1 Å². The first kappa shape index (κ1) is 22.2. The highest BCUT2D eigenvalue weighted by atomic mass is 32.1. The van der Waals surface area contributed by atoms with Crippen molar-refractivity contribution in [3.05, 3.63) is 71.0 Å². The summed E-state index contributed by atoms with van der Waals surface area (Å²) in [6.07, 6.45) is 0. The predicted octanol–water partition coefficient (Wildman–Crippen LogP) is 6.11. The van der Waals surface area contributed by atoms with Gasteiger partial charge in [-0.2, -0.15) is 0 Å². The molecule has 1 aromatic heterocycles. The molecular formula is C26H28N2O3S. The summed E-state index contributed by atoms with van der Waals surface area (Å²) in [6, 6.07) is 14.8. The third kappa shape index (κ3) is 3.73. The Bertz CT molecular complexity index is 1210. The van der Waals surface area contributed by atoms with Gasteiger partial charge in [0.05, 0.1) is 21.8 Å². The van der Waals surface area contributed by atoms with Gasteiger partial charge >= 0.3 is 0 Å². The quantitative estimate of drug-likeness (QED) is 0.525. The van der Waals surface area contributed by atoms with Crippen molar-refractivity contribution in [2.24, 2.45) is 5.41 Å². The molecule has 0 bridgehead atoms. The molecule has 0 radical (unpaired) electrons. The summed E-state index contributed by atoms with van der Waals surface area (Å²) in [5.41, 5.74) is 2.04. The molecule has 0 aliphatic carbocycles. The summed E-state index contributed by atoms with van der Waals surface area (Å²) < 4.78 is 0.937. The van der Waals surface area contributed by atoms with Crippen LogP contribution in [-0.2, 0) is 15.0 Å². The number of ketones is 1. The molecule has 1 aliphatic rings. The maximum atomic E-state index is 13.4. The molecule has 166 valence electrons. The Kier molecular flexibility index (Phi) is 5.24. The Hall–Kier alpha value is -2.99. The Labute approximate surface area is 192 Å². The fourth-order valence-electron chi connectivity index (χ4n) is 3.88. The van der Waals surface area contributed by atoms with E-state index in [1.165, 1.54) is 16.2 Å². The number of fused-ring (bicyclic) bond motifs is 1. The van der Waals surface area contributed by atoms with Gasteiger partial charge in [0.2, 0.25) is 0 Å². The number of hydrogen-bond acceptors (Lipinski definition) is 5. The van der Waals surface area contributed by atoms with E-state index in [1.54, 1.807) is 20.8 Å². The van der Waals surface area contributed by atoms with E-state index in [0.717, 1.165) is 21.3 Å². The minimum atomic E-state index is -0.753. The number of carbonyl (C=O) groups excluding carboxylic acids is 2. The lowest BCUT2D eigenvalue weighted by Gasteiger charge is -2.28. The van der Waals surface area contributed by atoms with Crippen LogP contribution < -0.4 is 4.90 Å². The first-order valence-corrected chi connectivity index (χ1v) is 11.5. The van der Waals surface area contributed by atoms with Crippen molar-refractivity contribution in [3.8, 4) is 0 Å². The first-order chi connectivity index (χ1) is 14.9. The molecule has 5 nitrogen and oxygen atoms in total. The lowest BCUT2D eigenvalue weighted by Crippen LogP contribution is -2.32. The van der Waals surface area contributed by atoms with Gasteiger partial charge in [-0.15, -0.1) is 0 Å². The van der Waals surface area contributed by atoms with Gasteiger partial charge in [-0.3, -0.25) is 14.5 Å². The van der Waals surface area contributed by atoms with Gasteiger partial charge in [0.1, 0.15) is 0 Å². The van der Waals surface area contributed by atoms with Gasteiger partial charge in [-0.1, -0.05) is 89.3 Å². The average Bonchev–Trinajstić information content (AvgIpc) is 3.25. The zero-order valence-electron chi connectivity index (χ0n) is 19.3. The third-order valence-corrected chi connectivity index (χ3v) is 6.75. The topological polar surface area (TPSA) is 70.5 Å². The number of amides is 1. The van der Waals surface area contributed by atoms with Gasteiger partial charge < -0.3 is 5.11 Å². The number of Topliss-reactive ketones (excluding diaryl/α,β-unsaturated/α-hetero) is 1. The fraction of sp³-hybridized carbons (Fsp3) is 0.346. The number of thiazole rings is 1.